The Morgan fingerprint density at radius 1 is 1.30 bits per heavy atom. The van der Waals surface area contributed by atoms with Crippen LogP contribution in [0.2, 0.25) is 0 Å². The average molecular weight is 273 g/mol. The molecule has 4 heteroatoms. The molecule has 1 heterocycles. The quantitative estimate of drug-likeness (QED) is 0.750. The third kappa shape index (κ3) is 3.84. The molecule has 0 saturated heterocycles. The predicted molar refractivity (Wildman–Crippen MR) is 82.1 cm³/mol. The lowest BCUT2D eigenvalue weighted by Crippen LogP contribution is -2.13. The lowest BCUT2D eigenvalue weighted by molar-refractivity contribution is 0.147. The Labute approximate surface area is 120 Å². The molecule has 1 atom stereocenters. The van der Waals surface area contributed by atoms with Gasteiger partial charge in [-0.05, 0) is 25.8 Å². The normalized spacial score (nSPS) is 12.3. The molecule has 4 nitrogen and oxygen atoms in total. The highest BCUT2D eigenvalue weighted by Crippen LogP contribution is 2.21. The lowest BCUT2D eigenvalue weighted by atomic mass is 10.1. The van der Waals surface area contributed by atoms with Crippen molar-refractivity contribution in [3.05, 3.63) is 48.3 Å². The van der Waals surface area contributed by atoms with Crippen molar-refractivity contribution in [2.24, 2.45) is 0 Å². The van der Waals surface area contributed by atoms with Gasteiger partial charge >= 0.3 is 0 Å². The van der Waals surface area contributed by atoms with Gasteiger partial charge < -0.3 is 14.6 Å². The summed E-state index contributed by atoms with van der Waals surface area (Å²) in [6.45, 7) is 6.64. The van der Waals surface area contributed by atoms with Crippen LogP contribution < -0.4 is 5.32 Å². The van der Waals surface area contributed by atoms with E-state index in [9.17, 15) is 0 Å². The first-order valence-electron chi connectivity index (χ1n) is 7.22. The van der Waals surface area contributed by atoms with Gasteiger partial charge in [0.1, 0.15) is 0 Å². The van der Waals surface area contributed by atoms with Crippen molar-refractivity contribution in [3.63, 3.8) is 0 Å². The fourth-order valence-electron chi connectivity index (χ4n) is 2.17. The predicted octanol–water partition coefficient (Wildman–Crippen LogP) is 3.33. The van der Waals surface area contributed by atoms with Crippen LogP contribution in [0.1, 0.15) is 31.9 Å². The highest BCUT2D eigenvalue weighted by atomic mass is 16.5. The number of nitrogens with one attached hydrogen (secondary N) is 1. The molecule has 0 bridgehead atoms. The number of hydrogen-bond donors (Lipinski definition) is 1. The molecule has 1 aromatic heterocycles. The van der Waals surface area contributed by atoms with E-state index in [4.69, 9.17) is 4.74 Å². The number of ether oxygens (including phenoxy) is 1. The third-order valence-corrected chi connectivity index (χ3v) is 3.32. The van der Waals surface area contributed by atoms with E-state index >= 15 is 0 Å². The standard InChI is InChI=1S/C16H23N3O/c1-3-20-13-7-10-17-16-18-11-12-19(16)14(2)15-8-5-4-6-9-15/h4-6,8-9,11-12,14H,3,7,10,13H2,1-2H3,(H,17,18). The van der Waals surface area contributed by atoms with Crippen LogP contribution in [0.5, 0.6) is 0 Å². The molecule has 20 heavy (non-hydrogen) atoms. The van der Waals surface area contributed by atoms with E-state index in [2.05, 4.69) is 46.1 Å². The number of hydrogen-bond acceptors (Lipinski definition) is 3. The summed E-state index contributed by atoms with van der Waals surface area (Å²) < 4.78 is 7.50. The van der Waals surface area contributed by atoms with Crippen molar-refractivity contribution in [2.45, 2.75) is 26.3 Å². The molecule has 0 amide bonds. The summed E-state index contributed by atoms with van der Waals surface area (Å²) in [6, 6.07) is 10.7. The Bertz CT molecular complexity index is 495. The van der Waals surface area contributed by atoms with Crippen LogP contribution in [0, 0.1) is 0 Å². The first-order chi connectivity index (χ1) is 9.83. The third-order valence-electron chi connectivity index (χ3n) is 3.32. The van der Waals surface area contributed by atoms with Crippen molar-refractivity contribution in [1.82, 2.24) is 9.55 Å². The first-order valence-corrected chi connectivity index (χ1v) is 7.22. The zero-order chi connectivity index (χ0) is 14.2. The number of rotatable bonds is 8. The van der Waals surface area contributed by atoms with E-state index in [-0.39, 0.29) is 6.04 Å². The zero-order valence-corrected chi connectivity index (χ0v) is 12.2. The van der Waals surface area contributed by atoms with Gasteiger partial charge in [0.25, 0.3) is 0 Å². The summed E-state index contributed by atoms with van der Waals surface area (Å²) >= 11 is 0. The van der Waals surface area contributed by atoms with Gasteiger partial charge in [-0.2, -0.15) is 0 Å². The minimum Gasteiger partial charge on any atom is -0.382 e. The van der Waals surface area contributed by atoms with Crippen molar-refractivity contribution < 1.29 is 4.74 Å². The summed E-state index contributed by atoms with van der Waals surface area (Å²) in [4.78, 5) is 4.39. The van der Waals surface area contributed by atoms with Crippen molar-refractivity contribution >= 4 is 5.95 Å². The molecule has 2 rings (SSSR count). The minimum absolute atomic E-state index is 0.271. The maximum absolute atomic E-state index is 5.33. The van der Waals surface area contributed by atoms with E-state index < -0.39 is 0 Å². The maximum Gasteiger partial charge on any atom is 0.203 e. The number of nitrogens with zero attached hydrogens (tertiary/aromatic N) is 2. The van der Waals surface area contributed by atoms with Gasteiger partial charge in [0.2, 0.25) is 5.95 Å². The Balaban J connectivity index is 1.94. The molecule has 1 aromatic carbocycles. The second-order valence-electron chi connectivity index (χ2n) is 4.72. The average Bonchev–Trinajstić information content (AvgIpc) is 2.95. The number of benzene rings is 1. The van der Waals surface area contributed by atoms with Gasteiger partial charge in [-0.3, -0.25) is 0 Å². The van der Waals surface area contributed by atoms with Gasteiger partial charge in [0.15, 0.2) is 0 Å². The molecule has 1 N–H and O–H groups in total. The molecule has 0 radical (unpaired) electrons. The van der Waals surface area contributed by atoms with Crippen molar-refractivity contribution in [2.75, 3.05) is 25.1 Å². The van der Waals surface area contributed by atoms with E-state index in [1.165, 1.54) is 5.56 Å². The SMILES string of the molecule is CCOCCCNc1nccn1C(C)c1ccccc1. The second-order valence-corrected chi connectivity index (χ2v) is 4.72. The van der Waals surface area contributed by atoms with Crippen LogP contribution >= 0.6 is 0 Å². The minimum atomic E-state index is 0.271. The van der Waals surface area contributed by atoms with Crippen LogP contribution in [0.3, 0.4) is 0 Å². The molecule has 2 aromatic rings. The second kappa shape index (κ2) is 7.70. The van der Waals surface area contributed by atoms with Crippen molar-refractivity contribution in [1.29, 1.82) is 0 Å². The molecular formula is C16H23N3O. The van der Waals surface area contributed by atoms with Crippen LogP contribution in [-0.4, -0.2) is 29.3 Å². The lowest BCUT2D eigenvalue weighted by Gasteiger charge is -2.17. The molecule has 1 unspecified atom stereocenters. The highest BCUT2D eigenvalue weighted by Gasteiger charge is 2.11. The van der Waals surface area contributed by atoms with Gasteiger partial charge in [0, 0.05) is 32.2 Å². The van der Waals surface area contributed by atoms with E-state index in [0.29, 0.717) is 0 Å². The molecular weight excluding hydrogens is 250 g/mol. The Hall–Kier alpha value is -1.81. The zero-order valence-electron chi connectivity index (χ0n) is 12.2. The summed E-state index contributed by atoms with van der Waals surface area (Å²) in [5.41, 5.74) is 1.28. The van der Waals surface area contributed by atoms with E-state index in [0.717, 1.165) is 32.1 Å². The van der Waals surface area contributed by atoms with Crippen LogP contribution in [0.15, 0.2) is 42.7 Å². The van der Waals surface area contributed by atoms with E-state index in [1.807, 2.05) is 25.4 Å². The summed E-state index contributed by atoms with van der Waals surface area (Å²) in [7, 11) is 0. The summed E-state index contributed by atoms with van der Waals surface area (Å²) in [5.74, 6) is 0.915. The Morgan fingerprint density at radius 2 is 2.10 bits per heavy atom. The molecule has 0 aliphatic heterocycles. The molecule has 0 saturated carbocycles. The van der Waals surface area contributed by atoms with Crippen LogP contribution in [0.25, 0.3) is 0 Å². The maximum atomic E-state index is 5.33. The fourth-order valence-corrected chi connectivity index (χ4v) is 2.17. The monoisotopic (exact) mass is 273 g/mol. The Kier molecular flexibility index (Phi) is 5.62. The topological polar surface area (TPSA) is 39.1 Å². The van der Waals surface area contributed by atoms with Crippen LogP contribution in [-0.2, 0) is 4.74 Å². The van der Waals surface area contributed by atoms with Gasteiger partial charge in [-0.25, -0.2) is 4.98 Å². The molecule has 108 valence electrons. The largest absolute Gasteiger partial charge is 0.382 e. The summed E-state index contributed by atoms with van der Waals surface area (Å²) in [6.07, 6.45) is 4.84. The molecule has 0 aliphatic rings. The van der Waals surface area contributed by atoms with Gasteiger partial charge in [0.05, 0.1) is 6.04 Å². The first kappa shape index (κ1) is 14.6. The molecule has 0 spiro atoms. The van der Waals surface area contributed by atoms with Gasteiger partial charge in [-0.1, -0.05) is 30.3 Å². The number of anilines is 1. The summed E-state index contributed by atoms with van der Waals surface area (Å²) in [5, 5.41) is 3.37. The van der Waals surface area contributed by atoms with Crippen molar-refractivity contribution in [3.8, 4) is 0 Å². The van der Waals surface area contributed by atoms with E-state index in [1.54, 1.807) is 0 Å². The fraction of sp³-hybridized carbons (Fsp3) is 0.438. The smallest absolute Gasteiger partial charge is 0.203 e. The number of imidazole rings is 1. The molecule has 0 aliphatic carbocycles. The Morgan fingerprint density at radius 3 is 2.85 bits per heavy atom. The van der Waals surface area contributed by atoms with Crippen LogP contribution in [0.4, 0.5) is 5.95 Å². The molecule has 0 fully saturated rings. The highest BCUT2D eigenvalue weighted by molar-refractivity contribution is 5.30. The van der Waals surface area contributed by atoms with Gasteiger partial charge in [-0.15, -0.1) is 0 Å². The number of aromatic nitrogens is 2.